The van der Waals surface area contributed by atoms with Crippen LogP contribution in [0.4, 0.5) is 0 Å². The molecule has 4 saturated carbocycles. The highest BCUT2D eigenvalue weighted by atomic mass is 16.6. The van der Waals surface area contributed by atoms with Gasteiger partial charge in [0.1, 0.15) is 0 Å². The maximum absolute atomic E-state index is 11.4. The molecule has 34 heavy (non-hydrogen) atoms. The summed E-state index contributed by atoms with van der Waals surface area (Å²) >= 11 is 0. The number of aliphatic hydroxyl groups is 2. The molecule has 2 bridgehead atoms. The van der Waals surface area contributed by atoms with Crippen LogP contribution in [0, 0.1) is 45.3 Å². The van der Waals surface area contributed by atoms with Gasteiger partial charge in [-0.3, -0.25) is 0 Å². The topological polar surface area (TPSA) is 58.9 Å². The van der Waals surface area contributed by atoms with E-state index < -0.39 is 11.4 Å². The van der Waals surface area contributed by atoms with Crippen molar-refractivity contribution < 1.29 is 19.7 Å². The molecule has 0 radical (unpaired) electrons. The monoisotopic (exact) mass is 474 g/mol. The molecule has 3 aliphatic heterocycles. The van der Waals surface area contributed by atoms with Gasteiger partial charge in [0, 0.05) is 17.3 Å². The van der Waals surface area contributed by atoms with Crippen LogP contribution in [0.25, 0.3) is 0 Å². The van der Waals surface area contributed by atoms with Crippen LogP contribution in [0.3, 0.4) is 0 Å². The Hall–Kier alpha value is -0.160. The Bertz CT molecular complexity index is 850. The van der Waals surface area contributed by atoms with E-state index >= 15 is 0 Å². The lowest BCUT2D eigenvalue weighted by Crippen LogP contribution is -2.73. The summed E-state index contributed by atoms with van der Waals surface area (Å²) in [6.45, 7) is 16.8. The third-order valence-electron chi connectivity index (χ3n) is 13.7. The van der Waals surface area contributed by atoms with Gasteiger partial charge in [-0.05, 0) is 113 Å². The predicted molar refractivity (Wildman–Crippen MR) is 133 cm³/mol. The van der Waals surface area contributed by atoms with Gasteiger partial charge in [-0.1, -0.05) is 27.7 Å². The van der Waals surface area contributed by atoms with Crippen LogP contribution in [0.2, 0.25) is 0 Å². The Morgan fingerprint density at radius 3 is 2.06 bits per heavy atom. The Balaban J connectivity index is 1.32. The average Bonchev–Trinajstić information content (AvgIpc) is 3.32. The summed E-state index contributed by atoms with van der Waals surface area (Å²) in [7, 11) is 0. The molecular weight excluding hydrogens is 424 g/mol. The first kappa shape index (κ1) is 24.2. The molecule has 1 spiro atoms. The SMILES string of the molecule is CC(C)(O)[C@H]1CC[C@@](C)([C@H]2CC[C@]3(C)[C@@H]2CC[C@@H]2[C@]45CC[C@](O)(OC4)C(C)(C)[C@@H]5CC[C@]23C)O1. The third kappa shape index (κ3) is 2.70. The lowest BCUT2D eigenvalue weighted by Gasteiger charge is -2.74. The fourth-order valence-electron chi connectivity index (χ4n) is 11.5. The number of hydrogen-bond acceptors (Lipinski definition) is 4. The van der Waals surface area contributed by atoms with E-state index in [-0.39, 0.29) is 22.5 Å². The maximum Gasteiger partial charge on any atom is 0.170 e. The molecule has 0 aromatic carbocycles. The normalized spacial score (nSPS) is 58.3. The number of ether oxygens (including phenoxy) is 2. The Labute approximate surface area is 207 Å². The van der Waals surface area contributed by atoms with E-state index in [1.807, 2.05) is 13.8 Å². The standard InChI is InChI=1S/C30H50O4/c1-24(2)21-11-14-27(6)22(29(21)16-17-30(24,32)33-18-29)9-8-19-20(10-13-26(19,27)5)28(7)15-12-23(34-28)25(3,4)31/h19-23,31-32H,8-18H2,1-7H3/t19-,20+,21+,22+,23-,26-,27-,28+,29-,30+/m1/s1. The average molecular weight is 475 g/mol. The highest BCUT2D eigenvalue weighted by Crippen LogP contribution is 2.78. The molecular formula is C30H50O4. The van der Waals surface area contributed by atoms with E-state index in [9.17, 15) is 10.2 Å². The van der Waals surface area contributed by atoms with Crippen molar-refractivity contribution in [3.05, 3.63) is 0 Å². The van der Waals surface area contributed by atoms with Gasteiger partial charge in [0.15, 0.2) is 5.79 Å². The van der Waals surface area contributed by atoms with Gasteiger partial charge in [-0.2, -0.15) is 0 Å². The molecule has 4 heteroatoms. The summed E-state index contributed by atoms with van der Waals surface area (Å²) < 4.78 is 13.1. The van der Waals surface area contributed by atoms with Crippen molar-refractivity contribution in [1.82, 2.24) is 0 Å². The maximum atomic E-state index is 11.4. The van der Waals surface area contributed by atoms with Crippen molar-refractivity contribution in [2.45, 2.75) is 136 Å². The van der Waals surface area contributed by atoms with Gasteiger partial charge in [0.05, 0.1) is 23.9 Å². The molecule has 7 fully saturated rings. The van der Waals surface area contributed by atoms with E-state index in [0.29, 0.717) is 34.5 Å². The first-order valence-corrected chi connectivity index (χ1v) is 14.4. The minimum Gasteiger partial charge on any atom is -0.388 e. The zero-order chi connectivity index (χ0) is 24.6. The summed E-state index contributed by atoms with van der Waals surface area (Å²) in [6, 6.07) is 0. The lowest BCUT2D eigenvalue weighted by molar-refractivity contribution is -0.399. The van der Waals surface area contributed by atoms with Crippen LogP contribution < -0.4 is 0 Å². The summed E-state index contributed by atoms with van der Waals surface area (Å²) in [5.74, 6) is 1.60. The Morgan fingerprint density at radius 1 is 0.735 bits per heavy atom. The van der Waals surface area contributed by atoms with Crippen LogP contribution in [0.1, 0.15) is 113 Å². The molecule has 0 aromatic rings. The van der Waals surface area contributed by atoms with Crippen LogP contribution >= 0.6 is 0 Å². The smallest absolute Gasteiger partial charge is 0.170 e. The molecule has 3 heterocycles. The lowest BCUT2D eigenvalue weighted by atomic mass is 9.34. The van der Waals surface area contributed by atoms with E-state index in [2.05, 4.69) is 34.6 Å². The van der Waals surface area contributed by atoms with Gasteiger partial charge in [0.25, 0.3) is 0 Å². The summed E-state index contributed by atoms with van der Waals surface area (Å²) in [4.78, 5) is 0. The highest BCUT2D eigenvalue weighted by molar-refractivity contribution is 5.21. The van der Waals surface area contributed by atoms with Crippen LogP contribution in [0.5, 0.6) is 0 Å². The largest absolute Gasteiger partial charge is 0.388 e. The first-order valence-electron chi connectivity index (χ1n) is 14.4. The van der Waals surface area contributed by atoms with Crippen molar-refractivity contribution in [3.8, 4) is 0 Å². The summed E-state index contributed by atoms with van der Waals surface area (Å²) in [5.41, 5.74) is -0.168. The molecule has 0 amide bonds. The Kier molecular flexibility index (Phi) is 4.86. The van der Waals surface area contributed by atoms with Crippen LogP contribution in [0.15, 0.2) is 0 Å². The van der Waals surface area contributed by atoms with Crippen molar-refractivity contribution in [1.29, 1.82) is 0 Å². The van der Waals surface area contributed by atoms with Gasteiger partial charge in [0.2, 0.25) is 0 Å². The second-order valence-electron chi connectivity index (χ2n) is 15.4. The summed E-state index contributed by atoms with van der Waals surface area (Å²) in [5, 5.41) is 22.0. The minimum absolute atomic E-state index is 0.0479. The minimum atomic E-state index is -0.932. The highest BCUT2D eigenvalue weighted by Gasteiger charge is 2.75. The quantitative estimate of drug-likeness (QED) is 0.509. The molecule has 4 aliphatic carbocycles. The van der Waals surface area contributed by atoms with Gasteiger partial charge in [-0.15, -0.1) is 0 Å². The molecule has 0 aromatic heterocycles. The predicted octanol–water partition coefficient (Wildman–Crippen LogP) is 6.08. The molecule has 10 atom stereocenters. The summed E-state index contributed by atoms with van der Waals surface area (Å²) in [6.07, 6.45) is 11.6. The molecule has 7 aliphatic rings. The first-order chi connectivity index (χ1) is 15.6. The number of fused-ring (bicyclic) bond motifs is 5. The van der Waals surface area contributed by atoms with Crippen LogP contribution in [-0.4, -0.2) is 39.9 Å². The van der Waals surface area contributed by atoms with E-state index in [0.717, 1.165) is 32.3 Å². The fraction of sp³-hybridized carbons (Fsp3) is 1.00. The number of rotatable bonds is 2. The van der Waals surface area contributed by atoms with Crippen LogP contribution in [-0.2, 0) is 9.47 Å². The molecule has 4 nitrogen and oxygen atoms in total. The van der Waals surface area contributed by atoms with Crippen molar-refractivity contribution in [2.75, 3.05) is 6.61 Å². The van der Waals surface area contributed by atoms with Crippen molar-refractivity contribution in [2.24, 2.45) is 45.3 Å². The second kappa shape index (κ2) is 6.83. The third-order valence-corrected chi connectivity index (χ3v) is 13.7. The molecule has 3 saturated heterocycles. The van der Waals surface area contributed by atoms with Gasteiger partial charge in [-0.25, -0.2) is 0 Å². The fourth-order valence-corrected chi connectivity index (χ4v) is 11.5. The second-order valence-corrected chi connectivity index (χ2v) is 15.4. The Morgan fingerprint density at radius 2 is 1.44 bits per heavy atom. The zero-order valence-corrected chi connectivity index (χ0v) is 22.9. The van der Waals surface area contributed by atoms with E-state index in [1.165, 1.54) is 38.5 Å². The van der Waals surface area contributed by atoms with Crippen molar-refractivity contribution in [3.63, 3.8) is 0 Å². The van der Waals surface area contributed by atoms with Gasteiger partial charge < -0.3 is 19.7 Å². The zero-order valence-electron chi connectivity index (χ0n) is 22.9. The number of hydrogen-bond donors (Lipinski definition) is 2. The van der Waals surface area contributed by atoms with E-state index in [1.54, 1.807) is 0 Å². The molecule has 7 rings (SSSR count). The van der Waals surface area contributed by atoms with Gasteiger partial charge >= 0.3 is 0 Å². The van der Waals surface area contributed by atoms with Crippen molar-refractivity contribution >= 4 is 0 Å². The molecule has 2 N–H and O–H groups in total. The molecule has 194 valence electrons. The molecule has 0 unspecified atom stereocenters. The van der Waals surface area contributed by atoms with E-state index in [4.69, 9.17) is 9.47 Å².